The molecule has 25 heavy (non-hydrogen) atoms. The van der Waals surface area contributed by atoms with Crippen LogP contribution in [0.25, 0.3) is 16.9 Å². The summed E-state index contributed by atoms with van der Waals surface area (Å²) in [5.74, 6) is 0. The van der Waals surface area contributed by atoms with Crippen LogP contribution in [0.4, 0.5) is 5.69 Å². The standard InChI is InChI=1S/C20H23ClN4/c21-16-7-5-15(6-8-16)20-18(14-24-11-3-1-2-4-12-24)25-13-17(22)9-10-19(25)23-20/h5-10,13H,1-4,11-12,14,22H2. The van der Waals surface area contributed by atoms with Crippen molar-refractivity contribution in [3.8, 4) is 11.3 Å². The molecular weight excluding hydrogens is 332 g/mol. The van der Waals surface area contributed by atoms with Gasteiger partial charge in [0.15, 0.2) is 0 Å². The molecule has 130 valence electrons. The molecule has 0 spiro atoms. The van der Waals surface area contributed by atoms with E-state index in [4.69, 9.17) is 22.3 Å². The van der Waals surface area contributed by atoms with E-state index in [-0.39, 0.29) is 0 Å². The highest BCUT2D eigenvalue weighted by Gasteiger charge is 2.18. The Labute approximate surface area is 153 Å². The minimum Gasteiger partial charge on any atom is -0.398 e. The maximum Gasteiger partial charge on any atom is 0.137 e. The molecule has 2 N–H and O–H groups in total. The molecule has 3 heterocycles. The number of hydrogen-bond acceptors (Lipinski definition) is 3. The van der Waals surface area contributed by atoms with Gasteiger partial charge in [0.25, 0.3) is 0 Å². The Morgan fingerprint density at radius 2 is 1.68 bits per heavy atom. The number of aromatic nitrogens is 2. The van der Waals surface area contributed by atoms with Gasteiger partial charge in [-0.1, -0.05) is 36.6 Å². The van der Waals surface area contributed by atoms with Crippen LogP contribution in [0.3, 0.4) is 0 Å². The molecule has 0 amide bonds. The van der Waals surface area contributed by atoms with Crippen molar-refractivity contribution >= 4 is 22.9 Å². The number of anilines is 1. The van der Waals surface area contributed by atoms with Crippen LogP contribution < -0.4 is 5.73 Å². The van der Waals surface area contributed by atoms with E-state index in [9.17, 15) is 0 Å². The van der Waals surface area contributed by atoms with Crippen LogP contribution in [0.5, 0.6) is 0 Å². The van der Waals surface area contributed by atoms with Gasteiger partial charge in [-0.2, -0.15) is 0 Å². The lowest BCUT2D eigenvalue weighted by molar-refractivity contribution is 0.273. The third-order valence-electron chi connectivity index (χ3n) is 4.93. The van der Waals surface area contributed by atoms with E-state index in [1.54, 1.807) is 0 Å². The number of rotatable bonds is 3. The zero-order valence-corrected chi connectivity index (χ0v) is 15.0. The van der Waals surface area contributed by atoms with Gasteiger partial charge in [-0.05, 0) is 50.2 Å². The zero-order chi connectivity index (χ0) is 17.2. The largest absolute Gasteiger partial charge is 0.398 e. The first-order valence-corrected chi connectivity index (χ1v) is 9.33. The normalized spacial score (nSPS) is 16.2. The summed E-state index contributed by atoms with van der Waals surface area (Å²) in [5.41, 5.74) is 11.0. The molecule has 4 nitrogen and oxygen atoms in total. The van der Waals surface area contributed by atoms with Gasteiger partial charge in [0, 0.05) is 29.0 Å². The van der Waals surface area contributed by atoms with E-state index in [1.807, 2.05) is 42.6 Å². The Balaban J connectivity index is 1.79. The summed E-state index contributed by atoms with van der Waals surface area (Å²) in [6.45, 7) is 3.19. The highest BCUT2D eigenvalue weighted by atomic mass is 35.5. The first-order chi connectivity index (χ1) is 12.2. The van der Waals surface area contributed by atoms with E-state index < -0.39 is 0 Å². The molecular formula is C20H23ClN4. The molecule has 0 bridgehead atoms. The van der Waals surface area contributed by atoms with Crippen LogP contribution in [0, 0.1) is 0 Å². The number of likely N-dealkylation sites (tertiary alicyclic amines) is 1. The minimum absolute atomic E-state index is 0.742. The Morgan fingerprint density at radius 1 is 0.960 bits per heavy atom. The number of nitrogen functional groups attached to an aromatic ring is 1. The molecule has 1 fully saturated rings. The molecule has 1 aliphatic heterocycles. The average Bonchev–Trinajstić information content (AvgIpc) is 2.79. The van der Waals surface area contributed by atoms with Crippen molar-refractivity contribution < 1.29 is 0 Å². The van der Waals surface area contributed by atoms with Crippen molar-refractivity contribution in [2.24, 2.45) is 0 Å². The molecule has 1 aliphatic rings. The third-order valence-corrected chi connectivity index (χ3v) is 5.18. The summed E-state index contributed by atoms with van der Waals surface area (Å²) in [7, 11) is 0. The molecule has 0 aliphatic carbocycles. The lowest BCUT2D eigenvalue weighted by Gasteiger charge is -2.20. The first kappa shape index (κ1) is 16.4. The fourth-order valence-electron chi connectivity index (χ4n) is 3.61. The first-order valence-electron chi connectivity index (χ1n) is 8.95. The second-order valence-electron chi connectivity index (χ2n) is 6.79. The van der Waals surface area contributed by atoms with Crippen LogP contribution in [0.1, 0.15) is 31.4 Å². The summed E-state index contributed by atoms with van der Waals surface area (Å²) in [6, 6.07) is 11.8. The number of fused-ring (bicyclic) bond motifs is 1. The van der Waals surface area contributed by atoms with Gasteiger partial charge in [0.05, 0.1) is 11.4 Å². The van der Waals surface area contributed by atoms with Gasteiger partial charge < -0.3 is 10.1 Å². The van der Waals surface area contributed by atoms with Gasteiger partial charge in [-0.3, -0.25) is 4.90 Å². The lowest BCUT2D eigenvalue weighted by atomic mass is 10.1. The lowest BCUT2D eigenvalue weighted by Crippen LogP contribution is -2.25. The number of pyridine rings is 1. The summed E-state index contributed by atoms with van der Waals surface area (Å²) < 4.78 is 2.14. The molecule has 0 atom stereocenters. The Morgan fingerprint density at radius 3 is 2.40 bits per heavy atom. The number of imidazole rings is 1. The third kappa shape index (κ3) is 3.51. The maximum absolute atomic E-state index is 6.06. The van der Waals surface area contributed by atoms with E-state index in [0.29, 0.717) is 0 Å². The SMILES string of the molecule is Nc1ccc2nc(-c3ccc(Cl)cc3)c(CN3CCCCCC3)n2c1. The number of hydrogen-bond donors (Lipinski definition) is 1. The zero-order valence-electron chi connectivity index (χ0n) is 14.3. The van der Waals surface area contributed by atoms with Crippen molar-refractivity contribution in [2.75, 3.05) is 18.8 Å². The van der Waals surface area contributed by atoms with Crippen molar-refractivity contribution in [2.45, 2.75) is 32.2 Å². The van der Waals surface area contributed by atoms with Crippen LogP contribution in [0.2, 0.25) is 5.02 Å². The fourth-order valence-corrected chi connectivity index (χ4v) is 3.73. The smallest absolute Gasteiger partial charge is 0.137 e. The predicted octanol–water partition coefficient (Wildman–Crippen LogP) is 4.61. The number of halogens is 1. The van der Waals surface area contributed by atoms with Crippen LogP contribution in [0.15, 0.2) is 42.6 Å². The number of nitrogens with two attached hydrogens (primary N) is 1. The maximum atomic E-state index is 6.06. The van der Waals surface area contributed by atoms with Gasteiger partial charge >= 0.3 is 0 Å². The van der Waals surface area contributed by atoms with Crippen molar-refractivity contribution in [1.29, 1.82) is 0 Å². The average molecular weight is 355 g/mol. The van der Waals surface area contributed by atoms with E-state index >= 15 is 0 Å². The molecule has 0 radical (unpaired) electrons. The van der Waals surface area contributed by atoms with Crippen LogP contribution >= 0.6 is 11.6 Å². The Kier molecular flexibility index (Phi) is 4.64. The second kappa shape index (κ2) is 7.06. The van der Waals surface area contributed by atoms with Gasteiger partial charge in [0.1, 0.15) is 5.65 Å². The highest BCUT2D eigenvalue weighted by Crippen LogP contribution is 2.28. The summed E-state index contributed by atoms with van der Waals surface area (Å²) >= 11 is 6.06. The van der Waals surface area contributed by atoms with Crippen molar-refractivity contribution in [1.82, 2.24) is 14.3 Å². The van der Waals surface area contributed by atoms with Gasteiger partial charge in [-0.25, -0.2) is 4.98 Å². The second-order valence-corrected chi connectivity index (χ2v) is 7.23. The topological polar surface area (TPSA) is 46.6 Å². The van der Waals surface area contributed by atoms with Crippen LogP contribution in [-0.4, -0.2) is 27.4 Å². The van der Waals surface area contributed by atoms with E-state index in [0.717, 1.165) is 47.2 Å². The molecule has 0 saturated carbocycles. The monoisotopic (exact) mass is 354 g/mol. The highest BCUT2D eigenvalue weighted by molar-refractivity contribution is 6.30. The molecule has 4 rings (SSSR count). The molecule has 0 unspecified atom stereocenters. The van der Waals surface area contributed by atoms with Crippen LogP contribution in [-0.2, 0) is 6.54 Å². The molecule has 1 aromatic carbocycles. The quantitative estimate of drug-likeness (QED) is 0.746. The Hall–Kier alpha value is -2.04. The van der Waals surface area contributed by atoms with Crippen molar-refractivity contribution in [3.05, 3.63) is 53.3 Å². The Bertz CT molecular complexity index is 861. The summed E-state index contributed by atoms with van der Waals surface area (Å²) in [5, 5.41) is 0.742. The van der Waals surface area contributed by atoms with Crippen molar-refractivity contribution in [3.63, 3.8) is 0 Å². The summed E-state index contributed by atoms with van der Waals surface area (Å²) in [6.07, 6.45) is 7.19. The molecule has 5 heteroatoms. The van der Waals surface area contributed by atoms with E-state index in [1.165, 1.54) is 31.4 Å². The van der Waals surface area contributed by atoms with Gasteiger partial charge in [-0.15, -0.1) is 0 Å². The molecule has 3 aromatic rings. The molecule has 1 saturated heterocycles. The van der Waals surface area contributed by atoms with Gasteiger partial charge in [0.2, 0.25) is 0 Å². The predicted molar refractivity (Wildman–Crippen MR) is 104 cm³/mol. The fraction of sp³-hybridized carbons (Fsp3) is 0.350. The minimum atomic E-state index is 0.742. The summed E-state index contributed by atoms with van der Waals surface area (Å²) in [4.78, 5) is 7.42. The number of benzene rings is 1. The number of nitrogens with zero attached hydrogens (tertiary/aromatic N) is 3. The van der Waals surface area contributed by atoms with E-state index in [2.05, 4.69) is 9.30 Å². The molecule has 2 aromatic heterocycles.